The van der Waals surface area contributed by atoms with Crippen LogP contribution in [0.25, 0.3) is 0 Å². The number of nitrogens with one attached hydrogen (secondary N) is 2. The summed E-state index contributed by atoms with van der Waals surface area (Å²) in [5.41, 5.74) is 3.33. The Morgan fingerprint density at radius 1 is 1.26 bits per heavy atom. The van der Waals surface area contributed by atoms with E-state index in [1.54, 1.807) is 11.7 Å². The summed E-state index contributed by atoms with van der Waals surface area (Å²) in [4.78, 5) is 12.5. The number of carbonyl (C=O) groups is 1. The Kier molecular flexibility index (Phi) is 5.21. The minimum Gasteiger partial charge on any atom is -0.321 e. The minimum absolute atomic E-state index is 0.0813. The van der Waals surface area contributed by atoms with Crippen molar-refractivity contribution >= 4 is 11.6 Å². The fourth-order valence-electron chi connectivity index (χ4n) is 2.27. The molecule has 1 amide bonds. The summed E-state index contributed by atoms with van der Waals surface area (Å²) in [6.07, 6.45) is 0. The number of hydrogen-bond donors (Lipinski definition) is 2. The van der Waals surface area contributed by atoms with Gasteiger partial charge < -0.3 is 10.6 Å². The lowest BCUT2D eigenvalue weighted by Crippen LogP contribution is -2.16. The first kappa shape index (κ1) is 17.2. The van der Waals surface area contributed by atoms with Gasteiger partial charge in [0.2, 0.25) is 0 Å². The fraction of sp³-hybridized carbons (Fsp3) is 0.444. The number of amides is 1. The molecule has 0 bridgehead atoms. The summed E-state index contributed by atoms with van der Waals surface area (Å²) in [6, 6.07) is 9.74. The lowest BCUT2D eigenvalue weighted by atomic mass is 9.92. The topological polar surface area (TPSA) is 58.9 Å². The highest BCUT2D eigenvalue weighted by Crippen LogP contribution is 2.22. The molecule has 124 valence electrons. The van der Waals surface area contributed by atoms with Gasteiger partial charge in [0.25, 0.3) is 5.91 Å². The summed E-state index contributed by atoms with van der Waals surface area (Å²) in [6.45, 7) is 10.0. The maximum atomic E-state index is 12.5. The SMILES string of the molecule is CCNCc1cccc(NC(=O)c2cc(C(C)(C)C)nn2C)c1. The Hall–Kier alpha value is -2.14. The first-order chi connectivity index (χ1) is 10.8. The van der Waals surface area contributed by atoms with Gasteiger partial charge in [0.15, 0.2) is 0 Å². The van der Waals surface area contributed by atoms with Crippen LogP contribution in [0.1, 0.15) is 49.4 Å². The maximum absolute atomic E-state index is 12.5. The quantitative estimate of drug-likeness (QED) is 0.891. The van der Waals surface area contributed by atoms with Crippen molar-refractivity contribution in [1.82, 2.24) is 15.1 Å². The van der Waals surface area contributed by atoms with Gasteiger partial charge in [-0.2, -0.15) is 5.10 Å². The molecule has 5 heteroatoms. The highest BCUT2D eigenvalue weighted by Gasteiger charge is 2.21. The largest absolute Gasteiger partial charge is 0.321 e. The van der Waals surface area contributed by atoms with Crippen molar-refractivity contribution in [3.63, 3.8) is 0 Å². The van der Waals surface area contributed by atoms with Crippen LogP contribution in [-0.2, 0) is 19.0 Å². The first-order valence-corrected chi connectivity index (χ1v) is 7.97. The molecular weight excluding hydrogens is 288 g/mol. The van der Waals surface area contributed by atoms with Crippen molar-refractivity contribution in [3.05, 3.63) is 47.3 Å². The van der Waals surface area contributed by atoms with Crippen molar-refractivity contribution in [2.45, 2.75) is 39.7 Å². The zero-order valence-electron chi connectivity index (χ0n) is 14.6. The van der Waals surface area contributed by atoms with Crippen LogP contribution in [-0.4, -0.2) is 22.2 Å². The van der Waals surface area contributed by atoms with E-state index in [9.17, 15) is 4.79 Å². The smallest absolute Gasteiger partial charge is 0.273 e. The van der Waals surface area contributed by atoms with E-state index in [2.05, 4.69) is 43.4 Å². The average molecular weight is 314 g/mol. The van der Waals surface area contributed by atoms with E-state index in [0.717, 1.165) is 30.0 Å². The Labute approximate surface area is 138 Å². The van der Waals surface area contributed by atoms with Crippen LogP contribution in [0.3, 0.4) is 0 Å². The number of anilines is 1. The lowest BCUT2D eigenvalue weighted by molar-refractivity contribution is 0.101. The second-order valence-electron chi connectivity index (χ2n) is 6.72. The van der Waals surface area contributed by atoms with Crippen molar-refractivity contribution in [3.8, 4) is 0 Å². The monoisotopic (exact) mass is 314 g/mol. The lowest BCUT2D eigenvalue weighted by Gasteiger charge is -2.13. The van der Waals surface area contributed by atoms with Gasteiger partial charge in [-0.1, -0.05) is 39.8 Å². The molecule has 0 aliphatic heterocycles. The Bertz CT molecular complexity index is 683. The predicted octanol–water partition coefficient (Wildman–Crippen LogP) is 3.08. The third-order valence-corrected chi connectivity index (χ3v) is 3.64. The number of aromatic nitrogens is 2. The Morgan fingerprint density at radius 3 is 2.61 bits per heavy atom. The van der Waals surface area contributed by atoms with Gasteiger partial charge in [-0.3, -0.25) is 9.48 Å². The molecule has 23 heavy (non-hydrogen) atoms. The van der Waals surface area contributed by atoms with Crippen molar-refractivity contribution in [2.24, 2.45) is 7.05 Å². The predicted molar refractivity (Wildman–Crippen MR) is 93.7 cm³/mol. The highest BCUT2D eigenvalue weighted by molar-refractivity contribution is 6.03. The molecule has 5 nitrogen and oxygen atoms in total. The molecule has 0 aliphatic carbocycles. The van der Waals surface area contributed by atoms with Crippen LogP contribution in [0.15, 0.2) is 30.3 Å². The van der Waals surface area contributed by atoms with Crippen LogP contribution in [0.5, 0.6) is 0 Å². The molecular formula is C18H26N4O. The number of benzene rings is 1. The van der Waals surface area contributed by atoms with Crippen LogP contribution in [0.4, 0.5) is 5.69 Å². The van der Waals surface area contributed by atoms with Gasteiger partial charge in [-0.05, 0) is 30.3 Å². The first-order valence-electron chi connectivity index (χ1n) is 7.97. The molecule has 0 aliphatic rings. The second kappa shape index (κ2) is 6.96. The van der Waals surface area contributed by atoms with Gasteiger partial charge in [0.05, 0.1) is 5.69 Å². The van der Waals surface area contributed by atoms with Gasteiger partial charge in [-0.25, -0.2) is 0 Å². The molecule has 1 aromatic heterocycles. The van der Waals surface area contributed by atoms with E-state index < -0.39 is 0 Å². The molecule has 1 aromatic carbocycles. The second-order valence-corrected chi connectivity index (χ2v) is 6.72. The molecule has 0 spiro atoms. The summed E-state index contributed by atoms with van der Waals surface area (Å²) < 4.78 is 1.64. The molecule has 2 aromatic rings. The Morgan fingerprint density at radius 2 is 2.00 bits per heavy atom. The van der Waals surface area contributed by atoms with Gasteiger partial charge in [-0.15, -0.1) is 0 Å². The van der Waals surface area contributed by atoms with Crippen molar-refractivity contribution < 1.29 is 4.79 Å². The molecule has 0 atom stereocenters. The van der Waals surface area contributed by atoms with Crippen LogP contribution >= 0.6 is 0 Å². The van der Waals surface area contributed by atoms with E-state index in [1.165, 1.54) is 0 Å². The van der Waals surface area contributed by atoms with E-state index in [1.807, 2.05) is 30.3 Å². The van der Waals surface area contributed by atoms with E-state index >= 15 is 0 Å². The molecule has 2 rings (SSSR count). The van der Waals surface area contributed by atoms with Gasteiger partial charge in [0, 0.05) is 24.7 Å². The standard InChI is InChI=1S/C18H26N4O/c1-6-19-12-13-8-7-9-14(10-13)20-17(23)15-11-16(18(2,3)4)21-22(15)5/h7-11,19H,6,12H2,1-5H3,(H,20,23). The third kappa shape index (κ3) is 4.42. The molecule has 0 radical (unpaired) electrons. The van der Waals surface area contributed by atoms with E-state index in [4.69, 9.17) is 0 Å². The molecule has 0 saturated carbocycles. The minimum atomic E-state index is -0.142. The molecule has 1 heterocycles. The zero-order valence-corrected chi connectivity index (χ0v) is 14.6. The van der Waals surface area contributed by atoms with Crippen molar-refractivity contribution in [1.29, 1.82) is 0 Å². The van der Waals surface area contributed by atoms with Gasteiger partial charge >= 0.3 is 0 Å². The average Bonchev–Trinajstić information content (AvgIpc) is 2.88. The third-order valence-electron chi connectivity index (χ3n) is 3.64. The maximum Gasteiger partial charge on any atom is 0.273 e. The summed E-state index contributed by atoms with van der Waals surface area (Å²) in [5.74, 6) is -0.142. The number of hydrogen-bond acceptors (Lipinski definition) is 3. The number of carbonyl (C=O) groups excluding carboxylic acids is 1. The van der Waals surface area contributed by atoms with Gasteiger partial charge in [0.1, 0.15) is 5.69 Å². The summed E-state index contributed by atoms with van der Waals surface area (Å²) in [7, 11) is 1.80. The number of aryl methyl sites for hydroxylation is 1. The van der Waals surface area contributed by atoms with Crippen LogP contribution in [0.2, 0.25) is 0 Å². The zero-order chi connectivity index (χ0) is 17.0. The molecule has 0 unspecified atom stereocenters. The van der Waals surface area contributed by atoms with Crippen LogP contribution in [0, 0.1) is 0 Å². The van der Waals surface area contributed by atoms with Crippen molar-refractivity contribution in [2.75, 3.05) is 11.9 Å². The number of rotatable bonds is 5. The van der Waals surface area contributed by atoms with E-state index in [0.29, 0.717) is 5.69 Å². The molecule has 0 fully saturated rings. The molecule has 0 saturated heterocycles. The number of nitrogens with zero attached hydrogens (tertiary/aromatic N) is 2. The van der Waals surface area contributed by atoms with Crippen LogP contribution < -0.4 is 10.6 Å². The highest BCUT2D eigenvalue weighted by atomic mass is 16.2. The van der Waals surface area contributed by atoms with E-state index in [-0.39, 0.29) is 11.3 Å². The Balaban J connectivity index is 2.15. The summed E-state index contributed by atoms with van der Waals surface area (Å²) >= 11 is 0. The summed E-state index contributed by atoms with van der Waals surface area (Å²) in [5, 5.41) is 10.7. The molecule has 2 N–H and O–H groups in total. The fourth-order valence-corrected chi connectivity index (χ4v) is 2.27. The normalized spacial score (nSPS) is 11.5.